The predicted octanol–water partition coefficient (Wildman–Crippen LogP) is -0.878. The molecule has 0 aromatic rings. The Morgan fingerprint density at radius 1 is 1.64 bits per heavy atom. The molecule has 2 rings (SSSR count). The molecule has 5 nitrogen and oxygen atoms in total. The number of carbonyl (C=O) groups is 2. The van der Waals surface area contributed by atoms with Crippen molar-refractivity contribution in [1.29, 1.82) is 0 Å². The van der Waals surface area contributed by atoms with Crippen LogP contribution in [0.5, 0.6) is 0 Å². The number of fused-ring (bicyclic) bond motifs is 1. The molecule has 1 N–H and O–H groups in total. The van der Waals surface area contributed by atoms with Crippen LogP contribution in [0.3, 0.4) is 0 Å². The zero-order valence-corrected chi connectivity index (χ0v) is 8.16. The summed E-state index contributed by atoms with van der Waals surface area (Å²) in [7, 11) is 1.30. The molecule has 0 spiro atoms. The maximum Gasteiger partial charge on any atom is 0.332 e. The Balaban J connectivity index is 2.09. The fourth-order valence-electron chi connectivity index (χ4n) is 2.15. The van der Waals surface area contributed by atoms with Crippen LogP contribution in [-0.4, -0.2) is 49.1 Å². The van der Waals surface area contributed by atoms with Gasteiger partial charge in [0.25, 0.3) is 5.91 Å². The Labute approximate surface area is 82.4 Å². The minimum atomic E-state index is -0.783. The van der Waals surface area contributed by atoms with Gasteiger partial charge >= 0.3 is 5.97 Å². The van der Waals surface area contributed by atoms with Crippen LogP contribution in [0.25, 0.3) is 0 Å². The minimum Gasteiger partial charge on any atom is -0.467 e. The van der Waals surface area contributed by atoms with Crippen molar-refractivity contribution in [3.63, 3.8) is 0 Å². The van der Waals surface area contributed by atoms with Crippen LogP contribution in [0.4, 0.5) is 0 Å². The summed E-state index contributed by atoms with van der Waals surface area (Å²) in [5.41, 5.74) is 0. The molecule has 0 aromatic heterocycles. The first-order valence-electron chi connectivity index (χ1n) is 4.85. The average molecular weight is 198 g/mol. The van der Waals surface area contributed by atoms with Crippen molar-refractivity contribution in [2.75, 3.05) is 20.2 Å². The predicted molar refractivity (Wildman–Crippen MR) is 48.5 cm³/mol. The van der Waals surface area contributed by atoms with E-state index in [9.17, 15) is 9.59 Å². The first-order valence-corrected chi connectivity index (χ1v) is 4.85. The highest BCUT2D eigenvalue weighted by Gasteiger charge is 2.41. The minimum absolute atomic E-state index is 0.134. The van der Waals surface area contributed by atoms with Gasteiger partial charge in [0.2, 0.25) is 0 Å². The highest BCUT2D eigenvalue weighted by Crippen LogP contribution is 2.21. The van der Waals surface area contributed by atoms with Gasteiger partial charge in [-0.3, -0.25) is 10.1 Å². The summed E-state index contributed by atoms with van der Waals surface area (Å²) in [5.74, 6) is -0.619. The number of methoxy groups -OCH3 is 1. The van der Waals surface area contributed by atoms with E-state index in [0.29, 0.717) is 6.54 Å². The number of hydrogen-bond acceptors (Lipinski definition) is 4. The molecule has 0 aliphatic carbocycles. The molecule has 5 heteroatoms. The van der Waals surface area contributed by atoms with Crippen molar-refractivity contribution in [2.24, 2.45) is 0 Å². The Morgan fingerprint density at radius 2 is 2.43 bits per heavy atom. The third-order valence-corrected chi connectivity index (χ3v) is 2.90. The van der Waals surface area contributed by atoms with Crippen LogP contribution in [0.1, 0.15) is 12.8 Å². The maximum absolute atomic E-state index is 11.8. The van der Waals surface area contributed by atoms with Gasteiger partial charge in [0.1, 0.15) is 0 Å². The molecule has 2 saturated heterocycles. The first-order chi connectivity index (χ1) is 6.74. The number of amides is 1. The molecule has 78 valence electrons. The monoisotopic (exact) mass is 198 g/mol. The van der Waals surface area contributed by atoms with Crippen LogP contribution in [0, 0.1) is 0 Å². The van der Waals surface area contributed by atoms with E-state index in [1.165, 1.54) is 7.11 Å². The first kappa shape index (κ1) is 9.45. The number of nitrogens with one attached hydrogen (secondary N) is 1. The fraction of sp³-hybridized carbons (Fsp3) is 0.778. The molecular formula is C9H14N2O3. The van der Waals surface area contributed by atoms with Crippen LogP contribution in [0.15, 0.2) is 0 Å². The van der Waals surface area contributed by atoms with Crippen LogP contribution in [-0.2, 0) is 14.3 Å². The number of nitrogens with zero attached hydrogens (tertiary/aromatic N) is 1. The van der Waals surface area contributed by atoms with Gasteiger partial charge in [-0.2, -0.15) is 0 Å². The Hall–Kier alpha value is -1.10. The lowest BCUT2D eigenvalue weighted by Crippen LogP contribution is -2.60. The van der Waals surface area contributed by atoms with Gasteiger partial charge in [-0.1, -0.05) is 0 Å². The van der Waals surface area contributed by atoms with E-state index in [2.05, 4.69) is 10.1 Å². The molecular weight excluding hydrogens is 184 g/mol. The summed E-state index contributed by atoms with van der Waals surface area (Å²) in [6.07, 6.45) is 2.07. The van der Waals surface area contributed by atoms with Crippen molar-refractivity contribution in [1.82, 2.24) is 10.2 Å². The second kappa shape index (κ2) is 3.57. The van der Waals surface area contributed by atoms with Gasteiger partial charge in [0, 0.05) is 19.1 Å². The molecule has 2 unspecified atom stereocenters. The molecule has 14 heavy (non-hydrogen) atoms. The third kappa shape index (κ3) is 1.37. The van der Waals surface area contributed by atoms with E-state index < -0.39 is 12.0 Å². The number of esters is 1. The summed E-state index contributed by atoms with van der Waals surface area (Å²) < 4.78 is 4.56. The molecule has 0 radical (unpaired) electrons. The van der Waals surface area contributed by atoms with Crippen molar-refractivity contribution >= 4 is 11.9 Å². The van der Waals surface area contributed by atoms with Gasteiger partial charge in [0.15, 0.2) is 6.04 Å². The van der Waals surface area contributed by atoms with Crippen LogP contribution >= 0.6 is 0 Å². The summed E-state index contributed by atoms with van der Waals surface area (Å²) in [6, 6.07) is -0.502. The average Bonchev–Trinajstić information content (AvgIpc) is 2.66. The van der Waals surface area contributed by atoms with E-state index in [1.807, 2.05) is 0 Å². The van der Waals surface area contributed by atoms with Crippen molar-refractivity contribution in [3.05, 3.63) is 0 Å². The molecule has 0 aromatic carbocycles. The molecule has 0 saturated carbocycles. The second-order valence-electron chi connectivity index (χ2n) is 3.69. The van der Waals surface area contributed by atoms with Gasteiger partial charge in [0.05, 0.1) is 7.11 Å². The largest absolute Gasteiger partial charge is 0.467 e. The quantitative estimate of drug-likeness (QED) is 0.439. The highest BCUT2D eigenvalue weighted by atomic mass is 16.5. The Morgan fingerprint density at radius 3 is 3.14 bits per heavy atom. The molecule has 2 aliphatic heterocycles. The lowest BCUT2D eigenvalue weighted by molar-refractivity contribution is -0.152. The molecule has 1 amide bonds. The van der Waals surface area contributed by atoms with E-state index in [1.54, 1.807) is 4.90 Å². The molecule has 2 heterocycles. The zero-order valence-electron chi connectivity index (χ0n) is 8.16. The van der Waals surface area contributed by atoms with Crippen LogP contribution < -0.4 is 5.32 Å². The van der Waals surface area contributed by atoms with Crippen LogP contribution in [0.2, 0.25) is 0 Å². The molecule has 2 aliphatic rings. The van der Waals surface area contributed by atoms with E-state index in [4.69, 9.17) is 0 Å². The number of piperazine rings is 1. The van der Waals surface area contributed by atoms with Gasteiger partial charge in [-0.25, -0.2) is 4.79 Å². The topological polar surface area (TPSA) is 58.6 Å². The number of carbonyl (C=O) groups excluding carboxylic acids is 2. The number of rotatable bonds is 1. The number of hydrogen-bond donors (Lipinski definition) is 1. The third-order valence-electron chi connectivity index (χ3n) is 2.90. The number of ether oxygens (including phenoxy) is 1. The summed E-state index contributed by atoms with van der Waals surface area (Å²) in [6.45, 7) is 1.48. The van der Waals surface area contributed by atoms with E-state index >= 15 is 0 Å². The van der Waals surface area contributed by atoms with Crippen molar-refractivity contribution in [2.45, 2.75) is 24.9 Å². The molecule has 2 fully saturated rings. The SMILES string of the molecule is COC(=O)C1NCC2CCCN2C1=O. The second-order valence-corrected chi connectivity index (χ2v) is 3.69. The zero-order chi connectivity index (χ0) is 10.1. The van der Waals surface area contributed by atoms with E-state index in [-0.39, 0.29) is 11.9 Å². The molecule has 0 bridgehead atoms. The summed E-state index contributed by atoms with van der Waals surface area (Å²) in [4.78, 5) is 24.8. The summed E-state index contributed by atoms with van der Waals surface area (Å²) >= 11 is 0. The maximum atomic E-state index is 11.8. The highest BCUT2D eigenvalue weighted by molar-refractivity contribution is 6.02. The summed E-state index contributed by atoms with van der Waals surface area (Å²) in [5, 5.41) is 2.93. The van der Waals surface area contributed by atoms with Crippen molar-refractivity contribution < 1.29 is 14.3 Å². The lowest BCUT2D eigenvalue weighted by atomic mass is 10.1. The smallest absolute Gasteiger partial charge is 0.332 e. The molecule has 2 atom stereocenters. The van der Waals surface area contributed by atoms with Crippen molar-refractivity contribution in [3.8, 4) is 0 Å². The van der Waals surface area contributed by atoms with E-state index in [0.717, 1.165) is 19.4 Å². The van der Waals surface area contributed by atoms with Gasteiger partial charge < -0.3 is 9.64 Å². The normalized spacial score (nSPS) is 31.5. The Bertz CT molecular complexity index is 267. The van der Waals surface area contributed by atoms with Gasteiger partial charge in [-0.15, -0.1) is 0 Å². The van der Waals surface area contributed by atoms with Gasteiger partial charge in [-0.05, 0) is 12.8 Å². The standard InChI is InChI=1S/C9H14N2O3/c1-14-9(13)7-8(12)11-4-2-3-6(11)5-10-7/h6-7,10H,2-5H2,1H3. The lowest BCUT2D eigenvalue weighted by Gasteiger charge is -2.34. The fourth-order valence-corrected chi connectivity index (χ4v) is 2.15. The Kier molecular flexibility index (Phi) is 2.41.